The zero-order chi connectivity index (χ0) is 36.9. The second-order valence-electron chi connectivity index (χ2n) is 10.7. The molecular weight excluding hydrogens is 534 g/mol. The summed E-state index contributed by atoms with van der Waals surface area (Å²) in [4.78, 5) is 1.71. The maximum absolute atomic E-state index is 9.74. The molecule has 9 aromatic rings. The van der Waals surface area contributed by atoms with Gasteiger partial charge in [0.2, 0.25) is 0 Å². The Labute approximate surface area is 267 Å². The van der Waals surface area contributed by atoms with Gasteiger partial charge in [-0.2, -0.15) is 0 Å². The molecule has 0 aliphatic heterocycles. The maximum Gasteiger partial charge on any atom is 0.159 e. The highest BCUT2D eigenvalue weighted by Gasteiger charge is 2.22. The van der Waals surface area contributed by atoms with E-state index in [4.69, 9.17) is 14.0 Å². The maximum atomic E-state index is 9.74. The number of fused-ring (bicyclic) bond motifs is 7. The summed E-state index contributed by atoms with van der Waals surface area (Å²) < 4.78 is 86.6. The second kappa shape index (κ2) is 9.86. The first-order chi connectivity index (χ1) is 25.6. The van der Waals surface area contributed by atoms with Crippen LogP contribution in [-0.4, -0.2) is 0 Å². The Kier molecular flexibility index (Phi) is 3.88. The SMILES string of the molecule is [2H]c1c([2H])c([2H])c2c(c1[2H])c([2H])c(N(c1ccc(-c3ccc4ccccc4c3)cc1)c1cccc3c1oc1ccccc13)c1c([2H])c([2H])c([2H])c([2H])c12. The lowest BCUT2D eigenvalue weighted by molar-refractivity contribution is 0.669. The third-order valence-electron chi connectivity index (χ3n) is 8.16. The van der Waals surface area contributed by atoms with Gasteiger partial charge in [-0.05, 0) is 74.4 Å². The van der Waals surface area contributed by atoms with E-state index < -0.39 is 48.3 Å². The van der Waals surface area contributed by atoms with Crippen LogP contribution in [0.5, 0.6) is 0 Å². The molecule has 0 aliphatic carbocycles. The monoisotopic (exact) mass is 570 g/mol. The van der Waals surface area contributed by atoms with Crippen LogP contribution in [0.4, 0.5) is 17.1 Å². The van der Waals surface area contributed by atoms with E-state index in [1.165, 1.54) is 0 Å². The molecule has 0 spiro atoms. The van der Waals surface area contributed by atoms with E-state index in [0.717, 1.165) is 32.7 Å². The molecule has 0 bridgehead atoms. The van der Waals surface area contributed by atoms with Gasteiger partial charge in [-0.1, -0.05) is 127 Å². The number of nitrogens with zero attached hydrogens (tertiary/aromatic N) is 1. The van der Waals surface area contributed by atoms with Crippen LogP contribution in [0.15, 0.2) is 168 Å². The zero-order valence-electron chi connectivity index (χ0n) is 32.2. The van der Waals surface area contributed by atoms with Crippen molar-refractivity contribution in [3.63, 3.8) is 0 Å². The van der Waals surface area contributed by atoms with Crippen molar-refractivity contribution in [3.8, 4) is 11.1 Å². The van der Waals surface area contributed by atoms with E-state index in [1.807, 2.05) is 84.9 Å². The summed E-state index contributed by atoms with van der Waals surface area (Å²) in [5.41, 5.74) is 4.04. The molecule has 0 fully saturated rings. The van der Waals surface area contributed by atoms with Crippen molar-refractivity contribution in [1.29, 1.82) is 0 Å². The molecule has 44 heavy (non-hydrogen) atoms. The third-order valence-corrected chi connectivity index (χ3v) is 8.16. The highest BCUT2D eigenvalue weighted by atomic mass is 16.3. The van der Waals surface area contributed by atoms with Crippen LogP contribution in [0.25, 0.3) is 65.4 Å². The van der Waals surface area contributed by atoms with Crippen molar-refractivity contribution in [3.05, 3.63) is 164 Å². The molecule has 9 rings (SSSR count). The molecule has 0 unspecified atom stereocenters. The number of furan rings is 1. The molecular formula is C42H27NO. The number of para-hydroxylation sites is 2. The van der Waals surface area contributed by atoms with Crippen LogP contribution in [0.1, 0.15) is 12.3 Å². The molecule has 0 N–H and O–H groups in total. The molecule has 206 valence electrons. The van der Waals surface area contributed by atoms with Crippen molar-refractivity contribution in [2.75, 3.05) is 4.90 Å². The summed E-state index contributed by atoms with van der Waals surface area (Å²) in [6, 6.07) is 30.7. The third kappa shape index (κ3) is 3.89. The molecule has 0 saturated carbocycles. The Hall–Kier alpha value is -5.86. The van der Waals surface area contributed by atoms with Crippen molar-refractivity contribution < 1.29 is 16.8 Å². The molecule has 2 nitrogen and oxygen atoms in total. The first-order valence-electron chi connectivity index (χ1n) is 18.8. The Balaban J connectivity index is 1.42. The molecule has 1 heterocycles. The van der Waals surface area contributed by atoms with Gasteiger partial charge < -0.3 is 9.32 Å². The molecule has 0 aliphatic rings. The van der Waals surface area contributed by atoms with E-state index in [0.29, 0.717) is 22.5 Å². The molecule has 0 saturated heterocycles. The lowest BCUT2D eigenvalue weighted by Gasteiger charge is -2.27. The van der Waals surface area contributed by atoms with Gasteiger partial charge in [-0.25, -0.2) is 0 Å². The first kappa shape index (κ1) is 17.3. The van der Waals surface area contributed by atoms with Gasteiger partial charge in [-0.3, -0.25) is 0 Å². The van der Waals surface area contributed by atoms with E-state index in [9.17, 15) is 2.74 Å². The van der Waals surface area contributed by atoms with E-state index in [2.05, 4.69) is 24.3 Å². The minimum atomic E-state index is -0.559. The standard InChI is InChI=1S/C42H27NO/c1-2-11-30-26-31(21-20-28(30)10-1)29-22-24-33(25-23-29)43(39-18-9-17-38-37-16-7-8-19-41(37)44-42(38)39)40-27-32-12-3-4-13-34(32)35-14-5-6-15-36(35)40/h1-27H/i3D,4D,5D,6D,12D,13D,14D,15D,27D. The van der Waals surface area contributed by atoms with Gasteiger partial charge in [0.1, 0.15) is 5.58 Å². The van der Waals surface area contributed by atoms with Crippen LogP contribution >= 0.6 is 0 Å². The largest absolute Gasteiger partial charge is 0.454 e. The minimum absolute atomic E-state index is 0.0240. The first-order valence-corrected chi connectivity index (χ1v) is 14.3. The van der Waals surface area contributed by atoms with Crippen LogP contribution in [0.2, 0.25) is 0 Å². The van der Waals surface area contributed by atoms with E-state index in [-0.39, 0.29) is 33.3 Å². The molecule has 0 amide bonds. The Bertz CT molecular complexity index is 3010. The molecule has 8 aromatic carbocycles. The molecule has 0 radical (unpaired) electrons. The van der Waals surface area contributed by atoms with Gasteiger partial charge in [0, 0.05) is 21.8 Å². The Morgan fingerprint density at radius 2 is 1.18 bits per heavy atom. The average Bonchev–Trinajstić information content (AvgIpc) is 3.57. The number of hydrogen-bond donors (Lipinski definition) is 0. The lowest BCUT2D eigenvalue weighted by atomic mass is 9.98. The summed E-state index contributed by atoms with van der Waals surface area (Å²) in [5.74, 6) is 0. The summed E-state index contributed by atoms with van der Waals surface area (Å²) in [5, 5.41) is 3.42. The normalized spacial score (nSPS) is 14.5. The average molecular weight is 571 g/mol. The fraction of sp³-hybridized carbons (Fsp3) is 0. The molecule has 0 atom stereocenters. The highest BCUT2D eigenvalue weighted by Crippen LogP contribution is 2.46. The van der Waals surface area contributed by atoms with Gasteiger partial charge in [0.05, 0.1) is 23.7 Å². The van der Waals surface area contributed by atoms with E-state index in [1.54, 1.807) is 4.90 Å². The van der Waals surface area contributed by atoms with Gasteiger partial charge >= 0.3 is 0 Å². The van der Waals surface area contributed by atoms with Crippen molar-refractivity contribution in [2.45, 2.75) is 0 Å². The summed E-state index contributed by atoms with van der Waals surface area (Å²) in [7, 11) is 0. The molecule has 2 heteroatoms. The van der Waals surface area contributed by atoms with Crippen molar-refractivity contribution >= 4 is 71.3 Å². The number of anilines is 3. The predicted octanol–water partition coefficient (Wildman–Crippen LogP) is 12.2. The topological polar surface area (TPSA) is 16.4 Å². The van der Waals surface area contributed by atoms with Crippen LogP contribution in [0, 0.1) is 0 Å². The van der Waals surface area contributed by atoms with Crippen LogP contribution < -0.4 is 4.90 Å². The fourth-order valence-electron chi connectivity index (χ4n) is 6.09. The van der Waals surface area contributed by atoms with Crippen LogP contribution in [0.3, 0.4) is 0 Å². The number of rotatable bonds is 4. The van der Waals surface area contributed by atoms with Gasteiger partial charge in [0.25, 0.3) is 0 Å². The quantitative estimate of drug-likeness (QED) is 0.196. The predicted molar refractivity (Wildman–Crippen MR) is 186 cm³/mol. The number of benzene rings is 8. The van der Waals surface area contributed by atoms with Gasteiger partial charge in [-0.15, -0.1) is 0 Å². The smallest absolute Gasteiger partial charge is 0.159 e. The minimum Gasteiger partial charge on any atom is -0.454 e. The number of hydrogen-bond acceptors (Lipinski definition) is 2. The highest BCUT2D eigenvalue weighted by molar-refractivity contribution is 6.16. The van der Waals surface area contributed by atoms with E-state index >= 15 is 0 Å². The summed E-state index contributed by atoms with van der Waals surface area (Å²) in [6.45, 7) is 0. The van der Waals surface area contributed by atoms with Crippen molar-refractivity contribution in [2.24, 2.45) is 0 Å². The fourth-order valence-corrected chi connectivity index (χ4v) is 6.09. The summed E-state index contributed by atoms with van der Waals surface area (Å²) in [6.07, 6.45) is 0. The van der Waals surface area contributed by atoms with Crippen molar-refractivity contribution in [1.82, 2.24) is 0 Å². The second-order valence-corrected chi connectivity index (χ2v) is 10.7. The van der Waals surface area contributed by atoms with Crippen LogP contribution in [-0.2, 0) is 0 Å². The molecule has 1 aromatic heterocycles. The lowest BCUT2D eigenvalue weighted by Crippen LogP contribution is -2.11. The summed E-state index contributed by atoms with van der Waals surface area (Å²) >= 11 is 0. The Morgan fingerprint density at radius 1 is 0.477 bits per heavy atom. The Morgan fingerprint density at radius 3 is 2.07 bits per heavy atom. The zero-order valence-corrected chi connectivity index (χ0v) is 23.2. The van der Waals surface area contributed by atoms with Gasteiger partial charge in [0.15, 0.2) is 5.58 Å².